The Kier molecular flexibility index (Phi) is 4.42. The van der Waals surface area contributed by atoms with Gasteiger partial charge in [-0.15, -0.1) is 10.2 Å². The first-order chi connectivity index (χ1) is 15.4. The predicted molar refractivity (Wildman–Crippen MR) is 125 cm³/mol. The highest BCUT2D eigenvalue weighted by atomic mass is 32.2. The summed E-state index contributed by atoms with van der Waals surface area (Å²) in [5.41, 5.74) is 2.67. The van der Waals surface area contributed by atoms with Crippen molar-refractivity contribution < 1.29 is 17.5 Å². The Bertz CT molecular complexity index is 1570. The summed E-state index contributed by atoms with van der Waals surface area (Å²) in [6, 6.07) is 6.85. The van der Waals surface area contributed by atoms with E-state index in [0.717, 1.165) is 11.8 Å². The quantitative estimate of drug-likeness (QED) is 0.485. The smallest absolute Gasteiger partial charge is 0.236 e. The van der Waals surface area contributed by atoms with Gasteiger partial charge in [0.2, 0.25) is 10.0 Å². The number of nitrogens with one attached hydrogen (secondary N) is 1. The fourth-order valence-electron chi connectivity index (χ4n) is 4.63. The first-order valence-electron chi connectivity index (χ1n) is 10.4. The molecule has 0 fully saturated rings. The van der Waals surface area contributed by atoms with Crippen LogP contribution in [0.4, 0.5) is 10.1 Å². The van der Waals surface area contributed by atoms with E-state index in [9.17, 15) is 8.42 Å². The van der Waals surface area contributed by atoms with Crippen LogP contribution >= 0.6 is 0 Å². The molecule has 1 N–H and O–H groups in total. The van der Waals surface area contributed by atoms with Gasteiger partial charge in [-0.2, -0.15) is 0 Å². The minimum absolute atomic E-state index is 0.300. The second-order valence-corrected chi connectivity index (χ2v) is 10.8. The highest BCUT2D eigenvalue weighted by Crippen LogP contribution is 2.48. The molecule has 0 atom stereocenters. The third kappa shape index (κ3) is 3.04. The lowest BCUT2D eigenvalue weighted by atomic mass is 9.94. The summed E-state index contributed by atoms with van der Waals surface area (Å²) in [7, 11) is -1.98. The molecular formula is C23H24FN5O3S. The molecule has 5 rings (SSSR count). The van der Waals surface area contributed by atoms with Crippen molar-refractivity contribution in [3.05, 3.63) is 53.5 Å². The average Bonchev–Trinajstić information content (AvgIpc) is 3.32. The van der Waals surface area contributed by atoms with E-state index in [4.69, 9.17) is 4.74 Å². The minimum atomic E-state index is -3.51. The Balaban J connectivity index is 1.89. The minimum Gasteiger partial charge on any atom is -0.494 e. The van der Waals surface area contributed by atoms with Crippen LogP contribution in [0.1, 0.15) is 31.1 Å². The molecule has 0 bridgehead atoms. The molecular weight excluding hydrogens is 445 g/mol. The van der Waals surface area contributed by atoms with Crippen molar-refractivity contribution in [2.45, 2.75) is 33.2 Å². The molecule has 0 unspecified atom stereocenters. The third-order valence-corrected chi connectivity index (χ3v) is 7.05. The van der Waals surface area contributed by atoms with Crippen molar-refractivity contribution >= 4 is 26.6 Å². The number of anilines is 1. The van der Waals surface area contributed by atoms with E-state index in [1.807, 2.05) is 38.3 Å². The van der Waals surface area contributed by atoms with Crippen molar-refractivity contribution in [3.8, 4) is 22.6 Å². The van der Waals surface area contributed by atoms with Crippen LogP contribution in [0, 0.1) is 19.7 Å². The Morgan fingerprint density at radius 2 is 1.85 bits per heavy atom. The van der Waals surface area contributed by atoms with Gasteiger partial charge in [-0.3, -0.25) is 4.57 Å². The molecule has 0 amide bonds. The van der Waals surface area contributed by atoms with Crippen LogP contribution in [0.25, 0.3) is 27.7 Å². The molecule has 1 aliphatic heterocycles. The summed E-state index contributed by atoms with van der Waals surface area (Å²) >= 11 is 0. The van der Waals surface area contributed by atoms with Gasteiger partial charge in [0.25, 0.3) is 0 Å². The molecule has 0 saturated carbocycles. The summed E-state index contributed by atoms with van der Waals surface area (Å²) in [6.07, 6.45) is 2.66. The number of benzene rings is 2. The number of aryl methyl sites for hydroxylation is 2. The van der Waals surface area contributed by atoms with Gasteiger partial charge in [0.1, 0.15) is 17.3 Å². The lowest BCUT2D eigenvalue weighted by molar-refractivity contribution is 0.409. The highest BCUT2D eigenvalue weighted by molar-refractivity contribution is 7.89. The fourth-order valence-corrected chi connectivity index (χ4v) is 5.42. The Morgan fingerprint density at radius 3 is 2.52 bits per heavy atom. The van der Waals surface area contributed by atoms with Crippen LogP contribution < -0.4 is 10.1 Å². The average molecular weight is 470 g/mol. The van der Waals surface area contributed by atoms with Gasteiger partial charge in [-0.1, -0.05) is 6.07 Å². The highest BCUT2D eigenvalue weighted by Gasteiger charge is 2.38. The third-order valence-electron chi connectivity index (χ3n) is 6.02. The maximum Gasteiger partial charge on any atom is 0.236 e. The molecule has 33 heavy (non-hydrogen) atoms. The van der Waals surface area contributed by atoms with E-state index in [1.165, 1.54) is 23.3 Å². The molecule has 3 heterocycles. The fraction of sp³-hybridized carbons (Fsp3) is 0.304. The lowest BCUT2D eigenvalue weighted by Gasteiger charge is -2.35. The second kappa shape index (κ2) is 6.80. The van der Waals surface area contributed by atoms with Gasteiger partial charge < -0.3 is 10.1 Å². The zero-order valence-corrected chi connectivity index (χ0v) is 20.0. The van der Waals surface area contributed by atoms with Crippen molar-refractivity contribution in [2.75, 3.05) is 18.7 Å². The van der Waals surface area contributed by atoms with Crippen molar-refractivity contribution in [3.63, 3.8) is 0 Å². The lowest BCUT2D eigenvalue weighted by Crippen LogP contribution is -2.36. The molecule has 1 aliphatic rings. The number of hydrogen-bond donors (Lipinski definition) is 1. The van der Waals surface area contributed by atoms with Crippen molar-refractivity contribution in [1.29, 1.82) is 0 Å². The monoisotopic (exact) mass is 469 g/mol. The van der Waals surface area contributed by atoms with Crippen LogP contribution in [0.2, 0.25) is 0 Å². The predicted octanol–water partition coefficient (Wildman–Crippen LogP) is 4.12. The molecule has 172 valence electrons. The van der Waals surface area contributed by atoms with Gasteiger partial charge in [-0.05, 0) is 57.0 Å². The molecule has 0 aliphatic carbocycles. The van der Waals surface area contributed by atoms with Gasteiger partial charge in [0.15, 0.2) is 11.6 Å². The van der Waals surface area contributed by atoms with E-state index >= 15 is 4.39 Å². The SMILES string of the molecule is COc1c(-c2cc(C)cc3c2ccn3S(C)(=O)=O)cc(F)c2c1-n1c(C)nnc1C(C)(C)N2. The topological polar surface area (TPSA) is 91.0 Å². The summed E-state index contributed by atoms with van der Waals surface area (Å²) in [5.74, 6) is 1.23. The maximum absolute atomic E-state index is 15.6. The van der Waals surface area contributed by atoms with Crippen molar-refractivity contribution in [1.82, 2.24) is 18.7 Å². The molecule has 2 aromatic carbocycles. The normalized spacial score (nSPS) is 14.6. The number of ether oxygens (including phenoxy) is 1. The molecule has 4 aromatic rings. The molecule has 0 spiro atoms. The Labute approximate surface area is 191 Å². The summed E-state index contributed by atoms with van der Waals surface area (Å²) in [6.45, 7) is 7.50. The largest absolute Gasteiger partial charge is 0.494 e. The second-order valence-electron chi connectivity index (χ2n) is 8.94. The van der Waals surface area contributed by atoms with Gasteiger partial charge in [-0.25, -0.2) is 16.8 Å². The van der Waals surface area contributed by atoms with E-state index < -0.39 is 21.4 Å². The van der Waals surface area contributed by atoms with Crippen LogP contribution in [0.5, 0.6) is 5.75 Å². The Hall–Kier alpha value is -3.40. The van der Waals surface area contributed by atoms with Gasteiger partial charge >= 0.3 is 0 Å². The Morgan fingerprint density at radius 1 is 1.12 bits per heavy atom. The molecule has 2 aromatic heterocycles. The number of rotatable bonds is 3. The van der Waals surface area contributed by atoms with Gasteiger partial charge in [0, 0.05) is 17.1 Å². The van der Waals surface area contributed by atoms with Crippen molar-refractivity contribution in [2.24, 2.45) is 0 Å². The summed E-state index contributed by atoms with van der Waals surface area (Å²) in [4.78, 5) is 0. The van der Waals surface area contributed by atoms with Crippen LogP contribution in [0.15, 0.2) is 30.5 Å². The van der Waals surface area contributed by atoms with E-state index in [-0.39, 0.29) is 0 Å². The molecule has 10 heteroatoms. The number of halogens is 1. The zero-order valence-electron chi connectivity index (χ0n) is 19.2. The summed E-state index contributed by atoms with van der Waals surface area (Å²) in [5, 5.41) is 12.4. The number of fused-ring (bicyclic) bond motifs is 4. The van der Waals surface area contributed by atoms with Gasteiger partial charge in [0.05, 0.1) is 30.1 Å². The zero-order chi connectivity index (χ0) is 23.9. The molecule has 0 radical (unpaired) electrons. The molecule has 8 nitrogen and oxygen atoms in total. The van der Waals surface area contributed by atoms with Crippen LogP contribution in [-0.2, 0) is 15.6 Å². The number of aromatic nitrogens is 4. The number of nitrogens with zero attached hydrogens (tertiary/aromatic N) is 4. The van der Waals surface area contributed by atoms with Crippen LogP contribution in [-0.4, -0.2) is 40.5 Å². The first-order valence-corrected chi connectivity index (χ1v) is 12.2. The summed E-state index contributed by atoms with van der Waals surface area (Å²) < 4.78 is 49.1. The standard InChI is InChI=1S/C23H24FN5O3S/c1-12-9-15(14-7-8-28(18(14)10-12)33(6,30)31)16-11-17(24)19-20(21(16)32-5)29-13(2)26-27-22(29)23(3,4)25-19/h7-11,25H,1-6H3. The number of methoxy groups -OCH3 is 1. The number of hydrogen-bond acceptors (Lipinski definition) is 6. The first kappa shape index (κ1) is 21.4. The van der Waals surface area contributed by atoms with E-state index in [2.05, 4.69) is 15.5 Å². The van der Waals surface area contributed by atoms with E-state index in [1.54, 1.807) is 12.1 Å². The maximum atomic E-state index is 15.6. The van der Waals surface area contributed by atoms with Crippen LogP contribution in [0.3, 0.4) is 0 Å². The van der Waals surface area contributed by atoms with E-state index in [0.29, 0.717) is 50.8 Å². The molecule has 0 saturated heterocycles.